The topological polar surface area (TPSA) is 24.5 Å². The maximum Gasteiger partial charge on any atom is 0.119 e. The molecule has 0 bridgehead atoms. The molecule has 0 saturated carbocycles. The predicted molar refractivity (Wildman–Crippen MR) is 65.7 cm³/mol. The fourth-order valence-electron chi connectivity index (χ4n) is 1.90. The predicted octanol–water partition coefficient (Wildman–Crippen LogP) is 1.49. The first kappa shape index (κ1) is 11.4. The van der Waals surface area contributed by atoms with Gasteiger partial charge in [0.05, 0.1) is 6.61 Å². The first-order valence-electron chi connectivity index (χ1n) is 5.92. The molecule has 1 aliphatic rings. The van der Waals surface area contributed by atoms with Crippen molar-refractivity contribution in [1.82, 2.24) is 10.2 Å². The van der Waals surface area contributed by atoms with E-state index < -0.39 is 0 Å². The van der Waals surface area contributed by atoms with E-state index >= 15 is 0 Å². The van der Waals surface area contributed by atoms with Crippen molar-refractivity contribution >= 4 is 0 Å². The Labute approximate surface area is 97.4 Å². The van der Waals surface area contributed by atoms with Crippen LogP contribution in [0.5, 0.6) is 5.75 Å². The third-order valence-electron chi connectivity index (χ3n) is 3.02. The van der Waals surface area contributed by atoms with Crippen LogP contribution in [0.1, 0.15) is 12.5 Å². The van der Waals surface area contributed by atoms with Crippen molar-refractivity contribution in [2.24, 2.45) is 0 Å². The third-order valence-corrected chi connectivity index (χ3v) is 3.02. The summed E-state index contributed by atoms with van der Waals surface area (Å²) in [6.07, 6.45) is 0. The summed E-state index contributed by atoms with van der Waals surface area (Å²) >= 11 is 0. The largest absolute Gasteiger partial charge is 0.494 e. The van der Waals surface area contributed by atoms with E-state index in [1.165, 1.54) is 5.56 Å². The number of nitrogens with zero attached hydrogens (tertiary/aromatic N) is 1. The molecule has 1 heterocycles. The van der Waals surface area contributed by atoms with Gasteiger partial charge >= 0.3 is 0 Å². The minimum atomic E-state index is 0.691. The Morgan fingerprint density at radius 3 is 2.88 bits per heavy atom. The zero-order chi connectivity index (χ0) is 11.4. The van der Waals surface area contributed by atoms with Crippen LogP contribution < -0.4 is 10.1 Å². The number of likely N-dealkylation sites (N-methyl/N-ethyl adjacent to an activating group) is 1. The van der Waals surface area contributed by atoms with Crippen LogP contribution in [0.25, 0.3) is 0 Å². The highest BCUT2D eigenvalue weighted by Gasteiger charge is 2.21. The van der Waals surface area contributed by atoms with Crippen LogP contribution in [0, 0.1) is 0 Å². The number of benzene rings is 1. The Morgan fingerprint density at radius 1 is 1.44 bits per heavy atom. The van der Waals surface area contributed by atoms with Crippen LogP contribution in [0.3, 0.4) is 0 Å². The van der Waals surface area contributed by atoms with Gasteiger partial charge in [-0.15, -0.1) is 0 Å². The molecule has 0 amide bonds. The van der Waals surface area contributed by atoms with Gasteiger partial charge in [-0.05, 0) is 31.7 Å². The van der Waals surface area contributed by atoms with Crippen molar-refractivity contribution in [3.8, 4) is 5.75 Å². The molecular weight excluding hydrogens is 200 g/mol. The second kappa shape index (κ2) is 5.32. The zero-order valence-corrected chi connectivity index (χ0v) is 10.1. The lowest BCUT2D eigenvalue weighted by Crippen LogP contribution is -2.55. The van der Waals surface area contributed by atoms with E-state index in [9.17, 15) is 0 Å². The normalized spacial score (nSPS) is 16.2. The van der Waals surface area contributed by atoms with E-state index in [1.54, 1.807) is 0 Å². The molecule has 2 rings (SSSR count). The van der Waals surface area contributed by atoms with Gasteiger partial charge in [0.1, 0.15) is 5.75 Å². The number of ether oxygens (including phenoxy) is 1. The molecule has 0 aliphatic carbocycles. The number of rotatable bonds is 5. The second-order valence-corrected chi connectivity index (χ2v) is 4.31. The van der Waals surface area contributed by atoms with E-state index in [4.69, 9.17) is 4.74 Å². The van der Waals surface area contributed by atoms with Gasteiger partial charge < -0.3 is 10.1 Å². The Hall–Kier alpha value is -1.06. The molecule has 0 atom stereocenters. The fourth-order valence-corrected chi connectivity index (χ4v) is 1.90. The average molecular weight is 220 g/mol. The molecule has 16 heavy (non-hydrogen) atoms. The summed E-state index contributed by atoms with van der Waals surface area (Å²) in [6, 6.07) is 9.05. The summed E-state index contributed by atoms with van der Waals surface area (Å²) in [5.41, 5.74) is 1.32. The van der Waals surface area contributed by atoms with Crippen molar-refractivity contribution in [2.45, 2.75) is 19.5 Å². The standard InChI is InChI=1S/C13H20N2O/c1-3-16-13-6-4-5-11(7-13)10-15(2)12-8-14-9-12/h4-7,12,14H,3,8-10H2,1-2H3. The van der Waals surface area contributed by atoms with E-state index in [0.717, 1.165) is 32.0 Å². The van der Waals surface area contributed by atoms with Gasteiger partial charge in [0, 0.05) is 25.7 Å². The van der Waals surface area contributed by atoms with Crippen LogP contribution >= 0.6 is 0 Å². The highest BCUT2D eigenvalue weighted by Crippen LogP contribution is 2.16. The van der Waals surface area contributed by atoms with Crippen molar-refractivity contribution in [2.75, 3.05) is 26.7 Å². The molecule has 1 aliphatic heterocycles. The quantitative estimate of drug-likeness (QED) is 0.813. The lowest BCUT2D eigenvalue weighted by atomic mass is 10.1. The summed E-state index contributed by atoms with van der Waals surface area (Å²) in [4.78, 5) is 2.39. The molecule has 1 saturated heterocycles. The molecule has 0 aromatic heterocycles. The maximum absolute atomic E-state index is 5.50. The van der Waals surface area contributed by atoms with Crippen LogP contribution in [0.15, 0.2) is 24.3 Å². The van der Waals surface area contributed by atoms with E-state index in [2.05, 4.69) is 35.5 Å². The fraction of sp³-hybridized carbons (Fsp3) is 0.538. The summed E-state index contributed by atoms with van der Waals surface area (Å²) in [5, 5.41) is 3.29. The van der Waals surface area contributed by atoms with Crippen molar-refractivity contribution in [3.63, 3.8) is 0 Å². The van der Waals surface area contributed by atoms with Crippen LogP contribution in [-0.2, 0) is 6.54 Å². The molecule has 1 aromatic carbocycles. The molecular formula is C13H20N2O. The van der Waals surface area contributed by atoms with E-state index in [-0.39, 0.29) is 0 Å². The molecule has 1 N–H and O–H groups in total. The third kappa shape index (κ3) is 2.74. The van der Waals surface area contributed by atoms with Crippen LogP contribution in [0.4, 0.5) is 0 Å². The monoisotopic (exact) mass is 220 g/mol. The number of hydrogen-bond acceptors (Lipinski definition) is 3. The van der Waals surface area contributed by atoms with E-state index in [0.29, 0.717) is 6.04 Å². The molecule has 88 valence electrons. The first-order valence-corrected chi connectivity index (χ1v) is 5.92. The number of nitrogens with one attached hydrogen (secondary N) is 1. The van der Waals surface area contributed by atoms with Gasteiger partial charge in [0.25, 0.3) is 0 Å². The molecule has 1 aromatic rings. The first-order chi connectivity index (χ1) is 7.79. The Balaban J connectivity index is 1.94. The average Bonchev–Trinajstić information content (AvgIpc) is 2.15. The summed E-state index contributed by atoms with van der Waals surface area (Å²) in [7, 11) is 2.18. The van der Waals surface area contributed by atoms with Gasteiger partial charge in [-0.25, -0.2) is 0 Å². The van der Waals surface area contributed by atoms with Gasteiger partial charge in [0.15, 0.2) is 0 Å². The highest BCUT2D eigenvalue weighted by molar-refractivity contribution is 5.28. The molecule has 3 nitrogen and oxygen atoms in total. The number of hydrogen-bond donors (Lipinski definition) is 1. The van der Waals surface area contributed by atoms with Crippen LogP contribution in [0.2, 0.25) is 0 Å². The lowest BCUT2D eigenvalue weighted by molar-refractivity contribution is 0.173. The Morgan fingerprint density at radius 2 is 2.25 bits per heavy atom. The zero-order valence-electron chi connectivity index (χ0n) is 10.1. The minimum Gasteiger partial charge on any atom is -0.494 e. The van der Waals surface area contributed by atoms with Crippen molar-refractivity contribution < 1.29 is 4.74 Å². The van der Waals surface area contributed by atoms with Gasteiger partial charge in [-0.2, -0.15) is 0 Å². The SMILES string of the molecule is CCOc1cccc(CN(C)C2CNC2)c1. The molecule has 0 unspecified atom stereocenters. The summed E-state index contributed by atoms with van der Waals surface area (Å²) < 4.78 is 5.50. The van der Waals surface area contributed by atoms with Crippen molar-refractivity contribution in [1.29, 1.82) is 0 Å². The van der Waals surface area contributed by atoms with E-state index in [1.807, 2.05) is 13.0 Å². The van der Waals surface area contributed by atoms with Crippen LogP contribution in [-0.4, -0.2) is 37.7 Å². The second-order valence-electron chi connectivity index (χ2n) is 4.31. The maximum atomic E-state index is 5.50. The highest BCUT2D eigenvalue weighted by atomic mass is 16.5. The summed E-state index contributed by atoms with van der Waals surface area (Å²) in [6.45, 7) is 5.96. The Kier molecular flexibility index (Phi) is 3.80. The summed E-state index contributed by atoms with van der Waals surface area (Å²) in [5.74, 6) is 0.972. The molecule has 1 fully saturated rings. The molecule has 0 spiro atoms. The Bertz CT molecular complexity index is 336. The molecule has 0 radical (unpaired) electrons. The lowest BCUT2D eigenvalue weighted by Gasteiger charge is -2.35. The van der Waals surface area contributed by atoms with Gasteiger partial charge in [-0.1, -0.05) is 12.1 Å². The molecule has 3 heteroatoms. The minimum absolute atomic E-state index is 0.691. The smallest absolute Gasteiger partial charge is 0.119 e. The van der Waals surface area contributed by atoms with Gasteiger partial charge in [0.2, 0.25) is 0 Å². The van der Waals surface area contributed by atoms with Gasteiger partial charge in [-0.3, -0.25) is 4.90 Å². The van der Waals surface area contributed by atoms with Crippen molar-refractivity contribution in [3.05, 3.63) is 29.8 Å².